The lowest BCUT2D eigenvalue weighted by Gasteiger charge is -2.40. The summed E-state index contributed by atoms with van der Waals surface area (Å²) in [5.74, 6) is 0.108. The van der Waals surface area contributed by atoms with Crippen LogP contribution in [0.25, 0.3) is 0 Å². The molecule has 0 radical (unpaired) electrons. The van der Waals surface area contributed by atoms with Gasteiger partial charge in [-0.25, -0.2) is 13.6 Å². The minimum Gasteiger partial charge on any atom is -0.484 e. The van der Waals surface area contributed by atoms with E-state index >= 15 is 0 Å². The Hall–Kier alpha value is -2.89. The van der Waals surface area contributed by atoms with Gasteiger partial charge in [-0.15, -0.1) is 0 Å². The topological polar surface area (TPSA) is 92.9 Å². The minimum atomic E-state index is -4.51. The Morgan fingerprint density at radius 2 is 1.91 bits per heavy atom. The number of benzene rings is 2. The number of halogens is 3. The number of primary sulfonamides is 1. The molecule has 2 aromatic carbocycles. The Balaban J connectivity index is 1.86. The number of nitrogens with zero attached hydrogens (tertiary/aromatic N) is 2. The minimum absolute atomic E-state index is 0.104. The van der Waals surface area contributed by atoms with Crippen molar-refractivity contribution in [2.75, 3.05) is 26.2 Å². The molecule has 2 aromatic rings. The van der Waals surface area contributed by atoms with Crippen molar-refractivity contribution in [2.24, 2.45) is 5.14 Å². The first kappa shape index (κ1) is 25.7. The molecular formula is C23H26F3N3O4S. The Bertz CT molecular complexity index is 1140. The third-order valence-electron chi connectivity index (χ3n) is 5.61. The molecule has 0 aromatic heterocycles. The average molecular weight is 498 g/mol. The highest BCUT2D eigenvalue weighted by atomic mass is 32.2. The van der Waals surface area contributed by atoms with E-state index in [0.29, 0.717) is 25.2 Å². The summed E-state index contributed by atoms with van der Waals surface area (Å²) in [6.45, 7) is 7.12. The summed E-state index contributed by atoms with van der Waals surface area (Å²) in [6.07, 6.45) is -4.04. The number of amides is 1. The van der Waals surface area contributed by atoms with E-state index < -0.39 is 27.9 Å². The number of rotatable bonds is 7. The molecule has 7 nitrogen and oxygen atoms in total. The van der Waals surface area contributed by atoms with Crippen molar-refractivity contribution in [1.29, 1.82) is 0 Å². The molecular weight excluding hydrogens is 471 g/mol. The molecule has 11 heteroatoms. The Kier molecular flexibility index (Phi) is 7.69. The van der Waals surface area contributed by atoms with Gasteiger partial charge in [0.25, 0.3) is 0 Å². The van der Waals surface area contributed by atoms with E-state index in [9.17, 15) is 26.4 Å². The van der Waals surface area contributed by atoms with Crippen molar-refractivity contribution in [1.82, 2.24) is 9.80 Å². The van der Waals surface area contributed by atoms with Crippen molar-refractivity contribution in [2.45, 2.75) is 30.1 Å². The number of hydrogen-bond acceptors (Lipinski definition) is 5. The number of ether oxygens (including phenoxy) is 1. The number of piperazine rings is 1. The molecule has 0 saturated carbocycles. The molecule has 2 atom stereocenters. The Morgan fingerprint density at radius 3 is 2.47 bits per heavy atom. The maximum absolute atomic E-state index is 13.3. The maximum Gasteiger partial charge on any atom is 0.416 e. The number of alkyl halides is 3. The van der Waals surface area contributed by atoms with Gasteiger partial charge in [0, 0.05) is 32.2 Å². The number of nitrogens with two attached hydrogens (primary N) is 1. The summed E-state index contributed by atoms with van der Waals surface area (Å²) >= 11 is 0. The van der Waals surface area contributed by atoms with Gasteiger partial charge >= 0.3 is 6.18 Å². The zero-order valence-electron chi connectivity index (χ0n) is 18.5. The Labute approximate surface area is 196 Å². The molecule has 1 heterocycles. The molecule has 1 amide bonds. The second-order valence-electron chi connectivity index (χ2n) is 8.09. The summed E-state index contributed by atoms with van der Waals surface area (Å²) in [5.41, 5.74) is -0.472. The molecule has 0 bridgehead atoms. The van der Waals surface area contributed by atoms with Gasteiger partial charge in [0.1, 0.15) is 11.9 Å². The van der Waals surface area contributed by atoms with Crippen LogP contribution in [-0.4, -0.2) is 56.3 Å². The number of carbonyl (C=O) groups is 1. The molecule has 1 saturated heterocycles. The molecule has 3 rings (SSSR count). The third-order valence-corrected chi connectivity index (χ3v) is 6.54. The smallest absolute Gasteiger partial charge is 0.416 e. The first-order chi connectivity index (χ1) is 15.9. The second-order valence-corrected chi connectivity index (χ2v) is 9.65. The SMILES string of the molecule is C=CC(=O)N1CCN(C[C@@H](Oc2ccc(S(N)(=O)=O)cc2)c2cccc(C(F)(F)F)c2)C[C@H]1C. The van der Waals surface area contributed by atoms with Crippen LogP contribution in [0.5, 0.6) is 5.75 Å². The van der Waals surface area contributed by atoms with Crippen LogP contribution in [0.15, 0.2) is 66.1 Å². The van der Waals surface area contributed by atoms with Crippen molar-refractivity contribution in [3.63, 3.8) is 0 Å². The highest BCUT2D eigenvalue weighted by Gasteiger charge is 2.32. The van der Waals surface area contributed by atoms with E-state index in [1.165, 1.54) is 36.4 Å². The van der Waals surface area contributed by atoms with Crippen LogP contribution in [0.3, 0.4) is 0 Å². The fraction of sp³-hybridized carbons (Fsp3) is 0.348. The predicted molar refractivity (Wildman–Crippen MR) is 120 cm³/mol. The van der Waals surface area contributed by atoms with Gasteiger partial charge in [-0.05, 0) is 55.0 Å². The van der Waals surface area contributed by atoms with E-state index in [1.807, 2.05) is 11.8 Å². The van der Waals surface area contributed by atoms with E-state index in [1.54, 1.807) is 11.0 Å². The highest BCUT2D eigenvalue weighted by molar-refractivity contribution is 7.89. The molecule has 1 fully saturated rings. The van der Waals surface area contributed by atoms with E-state index in [-0.39, 0.29) is 29.1 Å². The molecule has 0 spiro atoms. The van der Waals surface area contributed by atoms with Crippen LogP contribution in [0, 0.1) is 0 Å². The van der Waals surface area contributed by atoms with Crippen LogP contribution in [0.4, 0.5) is 13.2 Å². The van der Waals surface area contributed by atoms with Crippen LogP contribution in [-0.2, 0) is 21.0 Å². The first-order valence-electron chi connectivity index (χ1n) is 10.5. The van der Waals surface area contributed by atoms with Gasteiger partial charge in [-0.2, -0.15) is 13.2 Å². The van der Waals surface area contributed by atoms with Crippen LogP contribution in [0.2, 0.25) is 0 Å². The van der Waals surface area contributed by atoms with E-state index in [4.69, 9.17) is 9.88 Å². The maximum atomic E-state index is 13.3. The lowest BCUT2D eigenvalue weighted by atomic mass is 10.0. The van der Waals surface area contributed by atoms with Gasteiger partial charge in [-0.3, -0.25) is 9.69 Å². The zero-order valence-corrected chi connectivity index (χ0v) is 19.3. The quantitative estimate of drug-likeness (QED) is 0.593. The molecule has 0 unspecified atom stereocenters. The van der Waals surface area contributed by atoms with E-state index in [0.717, 1.165) is 12.1 Å². The van der Waals surface area contributed by atoms with Crippen molar-refractivity contribution in [3.05, 3.63) is 72.3 Å². The first-order valence-corrected chi connectivity index (χ1v) is 12.0. The molecule has 34 heavy (non-hydrogen) atoms. The van der Waals surface area contributed by atoms with Crippen LogP contribution in [0.1, 0.15) is 24.2 Å². The Morgan fingerprint density at radius 1 is 1.24 bits per heavy atom. The number of sulfonamides is 1. The molecule has 2 N–H and O–H groups in total. The summed E-state index contributed by atoms with van der Waals surface area (Å²) in [4.78, 5) is 15.6. The summed E-state index contributed by atoms with van der Waals surface area (Å²) in [5, 5.41) is 5.12. The fourth-order valence-electron chi connectivity index (χ4n) is 3.88. The van der Waals surface area contributed by atoms with Crippen molar-refractivity contribution < 1.29 is 31.1 Å². The third kappa shape index (κ3) is 6.37. The summed E-state index contributed by atoms with van der Waals surface area (Å²) < 4.78 is 69.0. The summed E-state index contributed by atoms with van der Waals surface area (Å²) in [7, 11) is -3.89. The average Bonchev–Trinajstić information content (AvgIpc) is 2.77. The molecule has 0 aliphatic carbocycles. The molecule has 1 aliphatic rings. The van der Waals surface area contributed by atoms with Gasteiger partial charge in [-0.1, -0.05) is 18.7 Å². The lowest BCUT2D eigenvalue weighted by Crippen LogP contribution is -2.54. The van der Waals surface area contributed by atoms with Gasteiger partial charge in [0.05, 0.1) is 10.5 Å². The predicted octanol–water partition coefficient (Wildman–Crippen LogP) is 3.19. The highest BCUT2D eigenvalue weighted by Crippen LogP contribution is 2.32. The van der Waals surface area contributed by atoms with Crippen molar-refractivity contribution >= 4 is 15.9 Å². The van der Waals surface area contributed by atoms with Gasteiger partial charge < -0.3 is 9.64 Å². The molecule has 184 valence electrons. The van der Waals surface area contributed by atoms with Gasteiger partial charge in [0.2, 0.25) is 15.9 Å². The lowest BCUT2D eigenvalue weighted by molar-refractivity contribution is -0.137. The largest absolute Gasteiger partial charge is 0.484 e. The second kappa shape index (κ2) is 10.2. The van der Waals surface area contributed by atoms with Crippen LogP contribution < -0.4 is 9.88 Å². The van der Waals surface area contributed by atoms with Gasteiger partial charge in [0.15, 0.2) is 0 Å². The number of hydrogen-bond donors (Lipinski definition) is 1. The number of carbonyl (C=O) groups excluding carboxylic acids is 1. The summed E-state index contributed by atoms with van der Waals surface area (Å²) in [6, 6.07) is 10.2. The zero-order chi connectivity index (χ0) is 25.1. The van der Waals surface area contributed by atoms with Crippen LogP contribution >= 0.6 is 0 Å². The van der Waals surface area contributed by atoms with Crippen molar-refractivity contribution in [3.8, 4) is 5.75 Å². The normalized spacial score (nSPS) is 18.4. The molecule has 1 aliphatic heterocycles. The van der Waals surface area contributed by atoms with E-state index in [2.05, 4.69) is 6.58 Å². The fourth-order valence-corrected chi connectivity index (χ4v) is 4.39. The standard InChI is InChI=1S/C23H26F3N3O4S/c1-3-22(30)29-12-11-28(14-16(29)2)15-21(17-5-4-6-18(13-17)23(24,25)26)33-19-7-9-20(10-8-19)34(27,31)32/h3-10,13,16,21H,1,11-12,14-15H2,2H3,(H2,27,31,32)/t16-,21-/m1/s1. The monoisotopic (exact) mass is 497 g/mol.